The maximum Gasteiger partial charge on any atom is 0.257 e. The summed E-state index contributed by atoms with van der Waals surface area (Å²) in [5.74, 6) is 1.37. The molecule has 1 aliphatic rings. The third-order valence-corrected chi connectivity index (χ3v) is 3.73. The number of nitrogens with zero attached hydrogens (tertiary/aromatic N) is 1. The largest absolute Gasteiger partial charge is 0.467 e. The Morgan fingerprint density at radius 1 is 1.50 bits per heavy atom. The topological polar surface area (TPSA) is 59.5 Å². The van der Waals surface area contributed by atoms with Crippen molar-refractivity contribution in [2.24, 2.45) is 11.7 Å². The Labute approximate surface area is 127 Å². The summed E-state index contributed by atoms with van der Waals surface area (Å²) in [6.45, 7) is 5.62. The van der Waals surface area contributed by atoms with Crippen LogP contribution in [-0.2, 0) is 6.54 Å². The highest BCUT2D eigenvalue weighted by Crippen LogP contribution is 2.25. The van der Waals surface area contributed by atoms with E-state index < -0.39 is 0 Å². The number of halogens is 1. The van der Waals surface area contributed by atoms with Crippen LogP contribution in [0.2, 0.25) is 0 Å². The van der Waals surface area contributed by atoms with E-state index in [0.29, 0.717) is 29.8 Å². The van der Waals surface area contributed by atoms with Gasteiger partial charge in [-0.3, -0.25) is 4.79 Å². The molecule has 2 N–H and O–H groups in total. The molecule has 20 heavy (non-hydrogen) atoms. The Morgan fingerprint density at radius 2 is 2.25 bits per heavy atom. The number of carbonyl (C=O) groups is 1. The van der Waals surface area contributed by atoms with Crippen LogP contribution in [0.25, 0.3) is 0 Å². The first-order valence-corrected chi connectivity index (χ1v) is 7.20. The first kappa shape index (κ1) is 17.1. The summed E-state index contributed by atoms with van der Waals surface area (Å²) in [6.07, 6.45) is 6.05. The quantitative estimate of drug-likeness (QED) is 0.929. The number of amides is 1. The van der Waals surface area contributed by atoms with Crippen LogP contribution in [0.3, 0.4) is 0 Å². The smallest absolute Gasteiger partial charge is 0.257 e. The van der Waals surface area contributed by atoms with E-state index in [9.17, 15) is 4.79 Å². The highest BCUT2D eigenvalue weighted by molar-refractivity contribution is 5.94. The molecule has 1 saturated heterocycles. The summed E-state index contributed by atoms with van der Waals surface area (Å²) in [5, 5.41) is 0. The van der Waals surface area contributed by atoms with E-state index in [2.05, 4.69) is 13.8 Å². The second-order valence-corrected chi connectivity index (χ2v) is 5.78. The Balaban J connectivity index is 0.00000200. The van der Waals surface area contributed by atoms with Crippen molar-refractivity contribution in [1.29, 1.82) is 0 Å². The summed E-state index contributed by atoms with van der Waals surface area (Å²) < 4.78 is 5.27. The van der Waals surface area contributed by atoms with E-state index in [1.165, 1.54) is 12.7 Å². The molecule has 0 aliphatic carbocycles. The second kappa shape index (κ2) is 7.70. The van der Waals surface area contributed by atoms with Crippen LogP contribution >= 0.6 is 12.4 Å². The third kappa shape index (κ3) is 4.00. The molecule has 1 fully saturated rings. The molecule has 1 aromatic heterocycles. The molecule has 0 saturated carbocycles. The summed E-state index contributed by atoms with van der Waals surface area (Å²) >= 11 is 0. The van der Waals surface area contributed by atoms with E-state index in [-0.39, 0.29) is 18.3 Å². The predicted octanol–water partition coefficient (Wildman–Crippen LogP) is 3.20. The van der Waals surface area contributed by atoms with Gasteiger partial charge in [-0.2, -0.15) is 0 Å². The van der Waals surface area contributed by atoms with Crippen molar-refractivity contribution in [2.75, 3.05) is 6.54 Å². The number of carbonyl (C=O) groups excluding carboxylic acids is 1. The summed E-state index contributed by atoms with van der Waals surface area (Å²) in [6, 6.07) is 2.14. The molecule has 0 aromatic carbocycles. The Kier molecular flexibility index (Phi) is 6.56. The highest BCUT2D eigenvalue weighted by Gasteiger charge is 2.28. The molecule has 0 radical (unpaired) electrons. The zero-order valence-electron chi connectivity index (χ0n) is 12.3. The van der Waals surface area contributed by atoms with Gasteiger partial charge in [0.05, 0.1) is 12.1 Å². The lowest BCUT2D eigenvalue weighted by Crippen LogP contribution is -2.44. The van der Waals surface area contributed by atoms with Crippen molar-refractivity contribution in [3.05, 3.63) is 23.7 Å². The van der Waals surface area contributed by atoms with Crippen LogP contribution in [0.4, 0.5) is 0 Å². The third-order valence-electron chi connectivity index (χ3n) is 3.73. The molecular weight excluding hydrogens is 276 g/mol. The van der Waals surface area contributed by atoms with Crippen molar-refractivity contribution < 1.29 is 9.21 Å². The first-order chi connectivity index (χ1) is 9.11. The van der Waals surface area contributed by atoms with Gasteiger partial charge >= 0.3 is 0 Å². The van der Waals surface area contributed by atoms with Crippen LogP contribution < -0.4 is 5.73 Å². The first-order valence-electron chi connectivity index (χ1n) is 7.20. The number of hydrogen-bond acceptors (Lipinski definition) is 3. The predicted molar refractivity (Wildman–Crippen MR) is 82.0 cm³/mol. The fourth-order valence-corrected chi connectivity index (χ4v) is 2.82. The minimum atomic E-state index is 0. The lowest BCUT2D eigenvalue weighted by atomic mass is 9.93. The zero-order valence-corrected chi connectivity index (χ0v) is 13.1. The highest BCUT2D eigenvalue weighted by atomic mass is 35.5. The maximum absolute atomic E-state index is 12.5. The molecule has 0 bridgehead atoms. The van der Waals surface area contributed by atoms with Gasteiger partial charge in [-0.1, -0.05) is 13.8 Å². The van der Waals surface area contributed by atoms with Crippen LogP contribution in [0.5, 0.6) is 0 Å². The lowest BCUT2D eigenvalue weighted by Gasteiger charge is -2.36. The number of hydrogen-bond donors (Lipinski definition) is 1. The summed E-state index contributed by atoms with van der Waals surface area (Å²) in [5.41, 5.74) is 6.15. The van der Waals surface area contributed by atoms with Gasteiger partial charge in [0.1, 0.15) is 12.0 Å². The summed E-state index contributed by atoms with van der Waals surface area (Å²) in [7, 11) is 0. The van der Waals surface area contributed by atoms with Crippen molar-refractivity contribution >= 4 is 18.3 Å². The molecule has 1 amide bonds. The molecular formula is C15H25ClN2O2. The fraction of sp³-hybridized carbons (Fsp3) is 0.667. The number of piperidine rings is 1. The molecule has 1 aliphatic heterocycles. The van der Waals surface area contributed by atoms with Crippen LogP contribution in [0.15, 0.2) is 16.7 Å². The molecule has 2 heterocycles. The molecule has 1 atom stereocenters. The number of likely N-dealkylation sites (tertiary alicyclic amines) is 1. The van der Waals surface area contributed by atoms with Gasteiger partial charge in [-0.05, 0) is 37.7 Å². The maximum atomic E-state index is 12.5. The fourth-order valence-electron chi connectivity index (χ4n) is 2.82. The minimum absolute atomic E-state index is 0. The van der Waals surface area contributed by atoms with Crippen LogP contribution in [-0.4, -0.2) is 23.4 Å². The van der Waals surface area contributed by atoms with Crippen molar-refractivity contribution in [2.45, 2.75) is 52.1 Å². The summed E-state index contributed by atoms with van der Waals surface area (Å²) in [4.78, 5) is 14.6. The monoisotopic (exact) mass is 300 g/mol. The molecule has 114 valence electrons. The van der Waals surface area contributed by atoms with E-state index in [1.54, 1.807) is 6.07 Å². The lowest BCUT2D eigenvalue weighted by molar-refractivity contribution is 0.0583. The number of nitrogens with two attached hydrogens (primary N) is 1. The molecule has 0 spiro atoms. The Bertz CT molecular complexity index is 431. The normalized spacial score (nSPS) is 19.0. The van der Waals surface area contributed by atoms with Crippen molar-refractivity contribution in [3.8, 4) is 0 Å². The van der Waals surface area contributed by atoms with Gasteiger partial charge in [0.2, 0.25) is 0 Å². The Hall–Kier alpha value is -1.00. The molecule has 1 aromatic rings. The van der Waals surface area contributed by atoms with Gasteiger partial charge in [0.15, 0.2) is 0 Å². The van der Waals surface area contributed by atoms with Crippen LogP contribution in [0, 0.1) is 5.92 Å². The van der Waals surface area contributed by atoms with Gasteiger partial charge in [0.25, 0.3) is 5.91 Å². The van der Waals surface area contributed by atoms with Gasteiger partial charge < -0.3 is 15.1 Å². The standard InChI is InChI=1S/C15H24N2O2.ClH/c1-11(2)7-13-5-3-4-6-17(13)15(18)12-8-14(9-16)19-10-12;/h8,10-11,13H,3-7,9,16H2,1-2H3;1H. The molecule has 2 rings (SSSR count). The van der Waals surface area contributed by atoms with Gasteiger partial charge in [0, 0.05) is 12.6 Å². The van der Waals surface area contributed by atoms with Crippen molar-refractivity contribution in [1.82, 2.24) is 4.90 Å². The van der Waals surface area contributed by atoms with E-state index >= 15 is 0 Å². The zero-order chi connectivity index (χ0) is 13.8. The van der Waals surface area contributed by atoms with Crippen LogP contribution in [0.1, 0.15) is 55.6 Å². The van der Waals surface area contributed by atoms with E-state index in [1.807, 2.05) is 4.90 Å². The second-order valence-electron chi connectivity index (χ2n) is 5.78. The number of rotatable bonds is 4. The van der Waals surface area contributed by atoms with E-state index in [4.69, 9.17) is 10.2 Å². The number of furan rings is 1. The molecule has 5 heteroatoms. The molecule has 4 nitrogen and oxygen atoms in total. The minimum Gasteiger partial charge on any atom is -0.467 e. The Morgan fingerprint density at radius 3 is 2.85 bits per heavy atom. The molecule has 1 unspecified atom stereocenters. The van der Waals surface area contributed by atoms with Gasteiger partial charge in [-0.25, -0.2) is 0 Å². The van der Waals surface area contributed by atoms with Gasteiger partial charge in [-0.15, -0.1) is 12.4 Å². The van der Waals surface area contributed by atoms with Crippen molar-refractivity contribution in [3.63, 3.8) is 0 Å². The average Bonchev–Trinajstić information content (AvgIpc) is 2.86. The average molecular weight is 301 g/mol. The van der Waals surface area contributed by atoms with E-state index in [0.717, 1.165) is 25.8 Å². The SMILES string of the molecule is CC(C)CC1CCCCN1C(=O)c1coc(CN)c1.Cl.